The van der Waals surface area contributed by atoms with Gasteiger partial charge in [-0.3, -0.25) is 4.99 Å². The Balaban J connectivity index is 0.00000729. The first kappa shape index (κ1) is 27.1. The highest BCUT2D eigenvalue weighted by atomic mass is 127. The number of hydrogen-bond acceptors (Lipinski definition) is 4. The maximum absolute atomic E-state index is 12.5. The zero-order valence-corrected chi connectivity index (χ0v) is 19.8. The normalized spacial score (nSPS) is 12.1. The van der Waals surface area contributed by atoms with Crippen molar-refractivity contribution in [1.29, 1.82) is 0 Å². The topological polar surface area (TPSA) is 83.0 Å². The van der Waals surface area contributed by atoms with Crippen molar-refractivity contribution in [2.75, 3.05) is 32.9 Å². The van der Waals surface area contributed by atoms with E-state index in [0.717, 1.165) is 0 Å². The van der Waals surface area contributed by atoms with Gasteiger partial charge < -0.3 is 15.4 Å². The first-order chi connectivity index (χ1) is 12.7. The van der Waals surface area contributed by atoms with Crippen LogP contribution in [-0.4, -0.2) is 58.2 Å². The number of sulfonamides is 1. The number of nitrogens with zero attached hydrogens (tertiary/aromatic N) is 2. The Labute approximate surface area is 186 Å². The molecular formula is C16H26ClF2IN4O3S. The van der Waals surface area contributed by atoms with Crippen LogP contribution in [0.2, 0.25) is 5.02 Å². The molecule has 0 unspecified atom stereocenters. The minimum absolute atomic E-state index is 0. The molecule has 0 aliphatic rings. The molecule has 12 heteroatoms. The van der Waals surface area contributed by atoms with Crippen LogP contribution in [0.3, 0.4) is 0 Å². The van der Waals surface area contributed by atoms with E-state index in [1.54, 1.807) is 14.0 Å². The second-order valence-corrected chi connectivity index (χ2v) is 8.01. The first-order valence-electron chi connectivity index (χ1n) is 8.30. The van der Waals surface area contributed by atoms with Gasteiger partial charge in [-0.15, -0.1) is 24.0 Å². The molecule has 0 aromatic heterocycles. The van der Waals surface area contributed by atoms with Gasteiger partial charge in [0.15, 0.2) is 5.96 Å². The zero-order valence-electron chi connectivity index (χ0n) is 15.9. The van der Waals surface area contributed by atoms with Crippen LogP contribution in [-0.2, 0) is 16.6 Å². The van der Waals surface area contributed by atoms with Gasteiger partial charge in [0.2, 0.25) is 10.0 Å². The lowest BCUT2D eigenvalue weighted by Gasteiger charge is -2.18. The Morgan fingerprint density at radius 3 is 2.57 bits per heavy atom. The highest BCUT2D eigenvalue weighted by Crippen LogP contribution is 2.24. The Morgan fingerprint density at radius 2 is 2.04 bits per heavy atom. The number of benzene rings is 1. The van der Waals surface area contributed by atoms with Gasteiger partial charge in [0.1, 0.15) is 5.75 Å². The van der Waals surface area contributed by atoms with Crippen LogP contribution in [0.15, 0.2) is 23.2 Å². The van der Waals surface area contributed by atoms with E-state index in [-0.39, 0.29) is 36.3 Å². The van der Waals surface area contributed by atoms with Gasteiger partial charge in [-0.1, -0.05) is 18.5 Å². The Bertz CT molecular complexity index is 739. The molecular weight excluding hydrogens is 529 g/mol. The second kappa shape index (κ2) is 13.3. The quantitative estimate of drug-likeness (QED) is 0.201. The third-order valence-electron chi connectivity index (χ3n) is 3.61. The summed E-state index contributed by atoms with van der Waals surface area (Å²) in [5.41, 5.74) is 0.458. The van der Waals surface area contributed by atoms with Crippen LogP contribution in [0.4, 0.5) is 8.78 Å². The predicted octanol–water partition coefficient (Wildman–Crippen LogP) is 2.90. The number of aliphatic imine (C=N–C) groups is 1. The summed E-state index contributed by atoms with van der Waals surface area (Å²) in [5.74, 6) is 0.476. The van der Waals surface area contributed by atoms with Crippen molar-refractivity contribution in [3.8, 4) is 5.75 Å². The van der Waals surface area contributed by atoms with Gasteiger partial charge in [0, 0.05) is 43.8 Å². The van der Waals surface area contributed by atoms with Gasteiger partial charge in [-0.25, -0.2) is 12.7 Å². The van der Waals surface area contributed by atoms with E-state index in [2.05, 4.69) is 20.4 Å². The molecule has 7 nitrogen and oxygen atoms in total. The molecule has 162 valence electrons. The molecule has 1 rings (SSSR count). The molecule has 0 amide bonds. The fourth-order valence-corrected chi connectivity index (χ4v) is 3.44. The molecule has 0 saturated heterocycles. The molecule has 0 radical (unpaired) electrons. The number of rotatable bonds is 10. The molecule has 1 aromatic carbocycles. The lowest BCUT2D eigenvalue weighted by atomic mass is 10.2. The SMILES string of the molecule is CCN(CCCNC(=NC)NCc1cc(Cl)ccc1OC(F)F)S(C)(=O)=O.I. The van der Waals surface area contributed by atoms with Crippen molar-refractivity contribution in [3.05, 3.63) is 28.8 Å². The molecule has 0 atom stereocenters. The van der Waals surface area contributed by atoms with Crippen molar-refractivity contribution in [3.63, 3.8) is 0 Å². The summed E-state index contributed by atoms with van der Waals surface area (Å²) in [6, 6.07) is 4.38. The Hall–Kier alpha value is -0.920. The maximum atomic E-state index is 12.5. The molecule has 28 heavy (non-hydrogen) atoms. The minimum Gasteiger partial charge on any atom is -0.434 e. The van der Waals surface area contributed by atoms with Gasteiger partial charge in [-0.05, 0) is 24.6 Å². The number of hydrogen-bond donors (Lipinski definition) is 2. The van der Waals surface area contributed by atoms with Crippen molar-refractivity contribution in [2.24, 2.45) is 4.99 Å². The van der Waals surface area contributed by atoms with Crippen LogP contribution in [0.1, 0.15) is 18.9 Å². The summed E-state index contributed by atoms with van der Waals surface area (Å²) in [6.07, 6.45) is 1.76. The zero-order chi connectivity index (χ0) is 20.4. The summed E-state index contributed by atoms with van der Waals surface area (Å²) < 4.78 is 53.9. The second-order valence-electron chi connectivity index (χ2n) is 5.59. The molecule has 0 bridgehead atoms. The Kier molecular flexibility index (Phi) is 12.9. The average Bonchev–Trinajstić information content (AvgIpc) is 2.58. The largest absolute Gasteiger partial charge is 0.434 e. The van der Waals surface area contributed by atoms with E-state index in [1.807, 2.05) is 0 Å². The standard InChI is InChI=1S/C16H25ClF2N4O3S.HI/c1-4-23(27(3,24)25)9-5-8-21-16(20-2)22-11-12-10-13(17)6-7-14(12)26-15(18)19;/h6-7,10,15H,4-5,8-9,11H2,1-3H3,(H2,20,21,22);1H. The average molecular weight is 555 g/mol. The highest BCUT2D eigenvalue weighted by molar-refractivity contribution is 14.0. The molecule has 0 aliphatic carbocycles. The number of ether oxygens (including phenoxy) is 1. The van der Waals surface area contributed by atoms with E-state index in [0.29, 0.717) is 42.6 Å². The molecule has 0 spiro atoms. The van der Waals surface area contributed by atoms with Crippen LogP contribution in [0.25, 0.3) is 0 Å². The van der Waals surface area contributed by atoms with Crippen molar-refractivity contribution in [1.82, 2.24) is 14.9 Å². The number of alkyl halides is 2. The van der Waals surface area contributed by atoms with Crippen molar-refractivity contribution >= 4 is 51.6 Å². The van der Waals surface area contributed by atoms with E-state index in [4.69, 9.17) is 11.6 Å². The lowest BCUT2D eigenvalue weighted by molar-refractivity contribution is -0.0504. The molecule has 0 saturated carbocycles. The summed E-state index contributed by atoms with van der Waals surface area (Å²) in [7, 11) is -1.65. The molecule has 0 fully saturated rings. The summed E-state index contributed by atoms with van der Waals surface area (Å²) in [4.78, 5) is 4.04. The lowest BCUT2D eigenvalue weighted by Crippen LogP contribution is -2.39. The molecule has 1 aromatic rings. The molecule has 2 N–H and O–H groups in total. The van der Waals surface area contributed by atoms with E-state index in [9.17, 15) is 17.2 Å². The summed E-state index contributed by atoms with van der Waals surface area (Å²) >= 11 is 5.91. The monoisotopic (exact) mass is 554 g/mol. The minimum atomic E-state index is -3.21. The fourth-order valence-electron chi connectivity index (χ4n) is 2.32. The summed E-state index contributed by atoms with van der Waals surface area (Å²) in [6.45, 7) is 0.305. The van der Waals surface area contributed by atoms with E-state index >= 15 is 0 Å². The number of nitrogens with one attached hydrogen (secondary N) is 2. The van der Waals surface area contributed by atoms with Crippen LogP contribution >= 0.6 is 35.6 Å². The van der Waals surface area contributed by atoms with E-state index < -0.39 is 16.6 Å². The van der Waals surface area contributed by atoms with E-state index in [1.165, 1.54) is 28.8 Å². The van der Waals surface area contributed by atoms with Gasteiger partial charge in [-0.2, -0.15) is 8.78 Å². The number of halogens is 4. The van der Waals surface area contributed by atoms with Crippen LogP contribution in [0.5, 0.6) is 5.75 Å². The number of guanidine groups is 1. The fraction of sp³-hybridized carbons (Fsp3) is 0.562. The van der Waals surface area contributed by atoms with Crippen LogP contribution < -0.4 is 15.4 Å². The molecule has 0 aliphatic heterocycles. The Morgan fingerprint density at radius 1 is 1.36 bits per heavy atom. The first-order valence-corrected chi connectivity index (χ1v) is 10.5. The molecule has 0 heterocycles. The predicted molar refractivity (Wildman–Crippen MR) is 118 cm³/mol. The third kappa shape index (κ3) is 10.0. The summed E-state index contributed by atoms with van der Waals surface area (Å²) in [5, 5.41) is 6.42. The van der Waals surface area contributed by atoms with Gasteiger partial charge in [0.25, 0.3) is 0 Å². The van der Waals surface area contributed by atoms with Gasteiger partial charge in [0.05, 0.1) is 6.26 Å². The highest BCUT2D eigenvalue weighted by Gasteiger charge is 2.14. The maximum Gasteiger partial charge on any atom is 0.387 e. The van der Waals surface area contributed by atoms with Gasteiger partial charge >= 0.3 is 6.61 Å². The van der Waals surface area contributed by atoms with Crippen molar-refractivity contribution in [2.45, 2.75) is 26.5 Å². The van der Waals surface area contributed by atoms with Crippen LogP contribution in [0, 0.1) is 0 Å². The smallest absolute Gasteiger partial charge is 0.387 e. The van der Waals surface area contributed by atoms with Crippen molar-refractivity contribution < 1.29 is 21.9 Å². The third-order valence-corrected chi connectivity index (χ3v) is 5.22.